The number of halogens is 2. The highest BCUT2D eigenvalue weighted by atomic mass is 35.5. The van der Waals surface area contributed by atoms with Gasteiger partial charge in [0.05, 0.1) is 24.0 Å². The quantitative estimate of drug-likeness (QED) is 0.391. The van der Waals surface area contributed by atoms with E-state index in [9.17, 15) is 14.0 Å². The first-order chi connectivity index (χ1) is 17.2. The number of nitrogens with one attached hydrogen (secondary N) is 2. The first-order valence-corrected chi connectivity index (χ1v) is 12.8. The molecule has 0 bridgehead atoms. The second-order valence-corrected chi connectivity index (χ2v) is 9.87. The highest BCUT2D eigenvalue weighted by molar-refractivity contribution is 7.17. The van der Waals surface area contributed by atoms with Crippen LogP contribution in [-0.4, -0.2) is 41.0 Å². The number of carbonyl (C=O) groups excluding carboxylic acids is 2. The lowest BCUT2D eigenvalue weighted by Gasteiger charge is -2.20. The SMILES string of the molecule is CCC(=O)Nc1nc(C)c(C(=O)N[C@@H](C)c2ccc(O[C@@H]3CCN(c4ccnc(Cl)c4F)C3)cc2)s1. The highest BCUT2D eigenvalue weighted by Crippen LogP contribution is 2.29. The zero-order valence-electron chi connectivity index (χ0n) is 20.2. The Morgan fingerprint density at radius 2 is 2.06 bits per heavy atom. The lowest BCUT2D eigenvalue weighted by atomic mass is 10.1. The van der Waals surface area contributed by atoms with Gasteiger partial charge in [-0.2, -0.15) is 0 Å². The number of aryl methyl sites for hydroxylation is 1. The Labute approximate surface area is 217 Å². The van der Waals surface area contributed by atoms with Gasteiger partial charge in [-0.1, -0.05) is 42.0 Å². The first-order valence-electron chi connectivity index (χ1n) is 11.6. The molecule has 0 unspecified atom stereocenters. The summed E-state index contributed by atoms with van der Waals surface area (Å²) in [7, 11) is 0. The lowest BCUT2D eigenvalue weighted by molar-refractivity contribution is -0.115. The van der Waals surface area contributed by atoms with Crippen LogP contribution in [0.1, 0.15) is 53.7 Å². The van der Waals surface area contributed by atoms with Crippen molar-refractivity contribution in [2.45, 2.75) is 45.8 Å². The molecule has 11 heteroatoms. The third-order valence-electron chi connectivity index (χ3n) is 5.91. The predicted molar refractivity (Wildman–Crippen MR) is 139 cm³/mol. The summed E-state index contributed by atoms with van der Waals surface area (Å²) >= 11 is 6.96. The predicted octanol–water partition coefficient (Wildman–Crippen LogP) is 5.14. The van der Waals surface area contributed by atoms with E-state index in [0.717, 1.165) is 23.3 Å². The number of aromatic nitrogens is 2. The molecule has 0 aliphatic carbocycles. The Hall–Kier alpha value is -3.24. The minimum Gasteiger partial charge on any atom is -0.489 e. The van der Waals surface area contributed by atoms with Crippen molar-refractivity contribution in [1.29, 1.82) is 0 Å². The molecular formula is C25H27ClFN5O3S. The van der Waals surface area contributed by atoms with Crippen LogP contribution in [0.4, 0.5) is 15.2 Å². The van der Waals surface area contributed by atoms with Crippen LogP contribution in [0.5, 0.6) is 5.75 Å². The number of nitrogens with zero attached hydrogens (tertiary/aromatic N) is 3. The van der Waals surface area contributed by atoms with Crippen LogP contribution >= 0.6 is 22.9 Å². The van der Waals surface area contributed by atoms with Crippen LogP contribution in [0.15, 0.2) is 36.5 Å². The van der Waals surface area contributed by atoms with Crippen molar-refractivity contribution >= 4 is 45.6 Å². The van der Waals surface area contributed by atoms with Crippen molar-refractivity contribution in [3.05, 3.63) is 63.6 Å². The molecule has 36 heavy (non-hydrogen) atoms. The standard InChI is InChI=1S/C25H27ClFN5O3S/c1-4-20(33)31-25-30-15(3)22(36-25)24(34)29-14(2)16-5-7-17(8-6-16)35-18-10-12-32(13-18)19-9-11-28-23(26)21(19)27/h5-9,11,14,18H,4,10,12-13H2,1-3H3,(H,29,34)(H,30,31,33)/t14-,18+/m0/s1. The van der Waals surface area contributed by atoms with Gasteiger partial charge in [0.25, 0.3) is 5.91 Å². The summed E-state index contributed by atoms with van der Waals surface area (Å²) in [5.41, 5.74) is 1.91. The van der Waals surface area contributed by atoms with Crippen LogP contribution < -0.4 is 20.3 Å². The van der Waals surface area contributed by atoms with E-state index in [0.29, 0.717) is 46.6 Å². The van der Waals surface area contributed by atoms with Gasteiger partial charge < -0.3 is 20.3 Å². The van der Waals surface area contributed by atoms with Crippen molar-refractivity contribution < 1.29 is 18.7 Å². The molecule has 0 spiro atoms. The van der Waals surface area contributed by atoms with E-state index in [1.54, 1.807) is 19.9 Å². The van der Waals surface area contributed by atoms with Gasteiger partial charge in [0.2, 0.25) is 5.91 Å². The molecule has 1 aliphatic heterocycles. The summed E-state index contributed by atoms with van der Waals surface area (Å²) in [5.74, 6) is -0.211. The Morgan fingerprint density at radius 3 is 2.78 bits per heavy atom. The number of rotatable bonds is 8. The van der Waals surface area contributed by atoms with Crippen LogP contribution in [0.2, 0.25) is 5.15 Å². The number of benzene rings is 1. The van der Waals surface area contributed by atoms with Gasteiger partial charge in [0, 0.05) is 25.6 Å². The Bertz CT molecular complexity index is 1250. The number of hydrogen-bond acceptors (Lipinski definition) is 7. The van der Waals surface area contributed by atoms with E-state index in [2.05, 4.69) is 20.6 Å². The maximum atomic E-state index is 14.3. The monoisotopic (exact) mass is 531 g/mol. The van der Waals surface area contributed by atoms with Crippen LogP contribution in [0.25, 0.3) is 0 Å². The van der Waals surface area contributed by atoms with Gasteiger partial charge >= 0.3 is 0 Å². The van der Waals surface area contributed by atoms with Crippen LogP contribution in [0.3, 0.4) is 0 Å². The second kappa shape index (κ2) is 11.2. The largest absolute Gasteiger partial charge is 0.489 e. The van der Waals surface area contributed by atoms with Gasteiger partial charge in [-0.25, -0.2) is 14.4 Å². The summed E-state index contributed by atoms with van der Waals surface area (Å²) in [6.07, 6.45) is 2.50. The van der Waals surface area contributed by atoms with Crippen molar-refractivity contribution in [3.63, 3.8) is 0 Å². The minimum atomic E-state index is -0.518. The first kappa shape index (κ1) is 25.8. The van der Waals surface area contributed by atoms with Gasteiger partial charge in [-0.15, -0.1) is 0 Å². The molecule has 2 N–H and O–H groups in total. The third kappa shape index (κ3) is 5.93. The molecule has 2 aromatic heterocycles. The smallest absolute Gasteiger partial charge is 0.263 e. The molecule has 1 saturated heterocycles. The second-order valence-electron chi connectivity index (χ2n) is 8.51. The van der Waals surface area contributed by atoms with Gasteiger partial charge in [0.1, 0.15) is 16.7 Å². The number of thiazole rings is 1. The fourth-order valence-electron chi connectivity index (χ4n) is 3.94. The maximum absolute atomic E-state index is 14.3. The van der Waals surface area contributed by atoms with Crippen molar-refractivity contribution in [2.75, 3.05) is 23.3 Å². The van der Waals surface area contributed by atoms with E-state index in [-0.39, 0.29) is 29.1 Å². The van der Waals surface area contributed by atoms with Crippen LogP contribution in [-0.2, 0) is 4.79 Å². The third-order valence-corrected chi connectivity index (χ3v) is 7.25. The Balaban J connectivity index is 1.33. The summed E-state index contributed by atoms with van der Waals surface area (Å²) in [6.45, 7) is 6.59. The number of ether oxygens (including phenoxy) is 1. The fourth-order valence-corrected chi connectivity index (χ4v) is 4.98. The molecule has 4 rings (SSSR count). The summed E-state index contributed by atoms with van der Waals surface area (Å²) in [4.78, 5) is 34.8. The van der Waals surface area contributed by atoms with Crippen molar-refractivity contribution in [1.82, 2.24) is 15.3 Å². The molecule has 8 nitrogen and oxygen atoms in total. The fraction of sp³-hybridized carbons (Fsp3) is 0.360. The Kier molecular flexibility index (Phi) is 8.05. The van der Waals surface area contributed by atoms with Crippen molar-refractivity contribution in [2.24, 2.45) is 0 Å². The van der Waals surface area contributed by atoms with Crippen molar-refractivity contribution in [3.8, 4) is 5.75 Å². The molecule has 2 atom stereocenters. The average Bonchev–Trinajstić information content (AvgIpc) is 3.47. The summed E-state index contributed by atoms with van der Waals surface area (Å²) in [5, 5.41) is 5.95. The van der Waals surface area contributed by atoms with Crippen LogP contribution in [0, 0.1) is 12.7 Å². The summed E-state index contributed by atoms with van der Waals surface area (Å²) in [6, 6.07) is 8.90. The minimum absolute atomic E-state index is 0.0870. The maximum Gasteiger partial charge on any atom is 0.263 e. The molecule has 0 radical (unpaired) electrons. The average molecular weight is 532 g/mol. The molecule has 3 heterocycles. The van der Waals surface area contributed by atoms with Gasteiger partial charge in [-0.05, 0) is 37.6 Å². The van der Waals surface area contributed by atoms with Gasteiger partial charge in [-0.3, -0.25) is 9.59 Å². The number of amides is 2. The number of hydrogen-bond donors (Lipinski definition) is 2. The molecule has 0 saturated carbocycles. The van der Waals surface area contributed by atoms with E-state index in [4.69, 9.17) is 16.3 Å². The topological polar surface area (TPSA) is 96.5 Å². The van der Waals surface area contributed by atoms with Gasteiger partial charge in [0.15, 0.2) is 16.1 Å². The van der Waals surface area contributed by atoms with E-state index in [1.807, 2.05) is 36.1 Å². The molecule has 190 valence electrons. The zero-order valence-corrected chi connectivity index (χ0v) is 21.8. The number of carbonyl (C=O) groups is 2. The Morgan fingerprint density at radius 1 is 1.31 bits per heavy atom. The summed E-state index contributed by atoms with van der Waals surface area (Å²) < 4.78 is 20.4. The molecule has 2 amide bonds. The molecule has 1 fully saturated rings. The number of pyridine rings is 1. The normalized spacial score (nSPS) is 16.0. The molecule has 3 aromatic rings. The van der Waals surface area contributed by atoms with E-state index in [1.165, 1.54) is 6.20 Å². The molecular weight excluding hydrogens is 505 g/mol. The lowest BCUT2D eigenvalue weighted by Crippen LogP contribution is -2.26. The molecule has 1 aromatic carbocycles. The van der Waals surface area contributed by atoms with E-state index >= 15 is 0 Å². The highest BCUT2D eigenvalue weighted by Gasteiger charge is 2.27. The number of anilines is 2. The van der Waals surface area contributed by atoms with E-state index < -0.39 is 5.82 Å². The molecule has 1 aliphatic rings. The zero-order chi connectivity index (χ0) is 25.8.